The van der Waals surface area contributed by atoms with Crippen molar-refractivity contribution in [2.45, 2.75) is 33.2 Å². The van der Waals surface area contributed by atoms with Gasteiger partial charge in [-0.25, -0.2) is 5.01 Å². The van der Waals surface area contributed by atoms with Crippen molar-refractivity contribution in [3.63, 3.8) is 0 Å². The predicted octanol–water partition coefficient (Wildman–Crippen LogP) is 1.23. The van der Waals surface area contributed by atoms with Crippen LogP contribution in [-0.2, 0) is 0 Å². The molecule has 0 amide bonds. The van der Waals surface area contributed by atoms with Gasteiger partial charge in [-0.3, -0.25) is 5.84 Å². The molecule has 2 heteroatoms. The van der Waals surface area contributed by atoms with Gasteiger partial charge in [-0.05, 0) is 25.2 Å². The van der Waals surface area contributed by atoms with Crippen LogP contribution in [0.1, 0.15) is 27.2 Å². The maximum absolute atomic E-state index is 5.74. The number of hydrogen-bond acceptors (Lipinski definition) is 2. The third-order valence-electron chi connectivity index (χ3n) is 2.72. The Labute approximate surface area is 63.4 Å². The fourth-order valence-corrected chi connectivity index (χ4v) is 1.88. The minimum atomic E-state index is 0.583. The van der Waals surface area contributed by atoms with E-state index in [1.54, 1.807) is 0 Å². The van der Waals surface area contributed by atoms with E-state index in [2.05, 4.69) is 20.8 Å². The fraction of sp³-hybridized carbons (Fsp3) is 1.00. The van der Waals surface area contributed by atoms with Gasteiger partial charge in [0.05, 0.1) is 0 Å². The van der Waals surface area contributed by atoms with Crippen LogP contribution in [0.2, 0.25) is 0 Å². The zero-order valence-electron chi connectivity index (χ0n) is 7.17. The molecular weight excluding hydrogens is 124 g/mol. The lowest BCUT2D eigenvalue weighted by molar-refractivity contribution is 0.223. The van der Waals surface area contributed by atoms with Crippen LogP contribution in [0, 0.1) is 11.8 Å². The third-order valence-corrected chi connectivity index (χ3v) is 2.72. The number of hydrogen-bond donors (Lipinski definition) is 1. The quantitative estimate of drug-likeness (QED) is 0.558. The summed E-state index contributed by atoms with van der Waals surface area (Å²) in [5, 5.41) is 1.96. The molecule has 2 atom stereocenters. The second-order valence-electron chi connectivity index (χ2n) is 3.67. The van der Waals surface area contributed by atoms with Crippen LogP contribution >= 0.6 is 0 Å². The highest BCUT2D eigenvalue weighted by Gasteiger charge is 2.30. The van der Waals surface area contributed by atoms with E-state index in [9.17, 15) is 0 Å². The van der Waals surface area contributed by atoms with E-state index < -0.39 is 0 Å². The van der Waals surface area contributed by atoms with Crippen molar-refractivity contribution in [3.05, 3.63) is 0 Å². The van der Waals surface area contributed by atoms with Crippen molar-refractivity contribution >= 4 is 0 Å². The van der Waals surface area contributed by atoms with E-state index in [4.69, 9.17) is 5.84 Å². The maximum Gasteiger partial charge on any atom is 0.0244 e. The lowest BCUT2D eigenvalue weighted by Crippen LogP contribution is -2.37. The van der Waals surface area contributed by atoms with Crippen LogP contribution in [0.5, 0.6) is 0 Å². The molecule has 0 aliphatic carbocycles. The summed E-state index contributed by atoms with van der Waals surface area (Å²) in [4.78, 5) is 0. The lowest BCUT2D eigenvalue weighted by atomic mass is 9.90. The minimum Gasteiger partial charge on any atom is -0.269 e. The molecule has 0 aromatic rings. The summed E-state index contributed by atoms with van der Waals surface area (Å²) in [5.41, 5.74) is 0. The molecule has 1 heterocycles. The van der Waals surface area contributed by atoms with Gasteiger partial charge in [-0.1, -0.05) is 13.8 Å². The molecule has 0 saturated carbocycles. The smallest absolute Gasteiger partial charge is 0.0244 e. The molecule has 2 unspecified atom stereocenters. The minimum absolute atomic E-state index is 0.583. The summed E-state index contributed by atoms with van der Waals surface area (Å²) in [6.07, 6.45) is 1.27. The Bertz CT molecular complexity index is 112. The second-order valence-corrected chi connectivity index (χ2v) is 3.67. The molecule has 0 aromatic carbocycles. The molecule has 1 saturated heterocycles. The predicted molar refractivity (Wildman–Crippen MR) is 43.3 cm³/mol. The summed E-state index contributed by atoms with van der Waals surface area (Å²) in [5.74, 6) is 7.33. The zero-order valence-corrected chi connectivity index (χ0v) is 7.17. The number of nitrogens with two attached hydrogens (primary N) is 1. The first kappa shape index (κ1) is 8.02. The van der Waals surface area contributed by atoms with Crippen molar-refractivity contribution in [1.29, 1.82) is 0 Å². The van der Waals surface area contributed by atoms with E-state index in [0.29, 0.717) is 6.04 Å². The maximum atomic E-state index is 5.74. The Morgan fingerprint density at radius 2 is 2.10 bits per heavy atom. The first-order valence-electron chi connectivity index (χ1n) is 4.14. The van der Waals surface area contributed by atoms with E-state index in [1.807, 2.05) is 5.01 Å². The molecule has 2 nitrogen and oxygen atoms in total. The van der Waals surface area contributed by atoms with Gasteiger partial charge in [0.15, 0.2) is 0 Å². The topological polar surface area (TPSA) is 29.3 Å². The third kappa shape index (κ3) is 1.32. The summed E-state index contributed by atoms with van der Waals surface area (Å²) < 4.78 is 0. The Morgan fingerprint density at radius 1 is 1.50 bits per heavy atom. The molecule has 1 aliphatic heterocycles. The van der Waals surface area contributed by atoms with E-state index in [1.165, 1.54) is 6.42 Å². The largest absolute Gasteiger partial charge is 0.269 e. The average Bonchev–Trinajstić information content (AvgIpc) is 2.14. The van der Waals surface area contributed by atoms with Crippen LogP contribution in [0.4, 0.5) is 0 Å². The number of nitrogens with zero attached hydrogens (tertiary/aromatic N) is 1. The highest BCUT2D eigenvalue weighted by atomic mass is 15.4. The number of rotatable bonds is 1. The van der Waals surface area contributed by atoms with Crippen LogP contribution in [0.15, 0.2) is 0 Å². The standard InChI is InChI=1S/C8H18N2/c1-6(2)8-4-5-10(9)7(8)3/h6-8H,4-5,9H2,1-3H3. The molecule has 0 bridgehead atoms. The average molecular weight is 142 g/mol. The van der Waals surface area contributed by atoms with Crippen molar-refractivity contribution in [2.75, 3.05) is 6.54 Å². The molecule has 1 fully saturated rings. The van der Waals surface area contributed by atoms with E-state index >= 15 is 0 Å². The summed E-state index contributed by atoms with van der Waals surface area (Å²) >= 11 is 0. The van der Waals surface area contributed by atoms with E-state index in [0.717, 1.165) is 18.4 Å². The number of hydrazine groups is 1. The van der Waals surface area contributed by atoms with Crippen molar-refractivity contribution < 1.29 is 0 Å². The molecule has 10 heavy (non-hydrogen) atoms. The van der Waals surface area contributed by atoms with Gasteiger partial charge in [0.25, 0.3) is 0 Å². The van der Waals surface area contributed by atoms with Crippen molar-refractivity contribution in [3.8, 4) is 0 Å². The molecule has 1 rings (SSSR count). The first-order valence-corrected chi connectivity index (χ1v) is 4.14. The molecule has 0 aromatic heterocycles. The molecular formula is C8H18N2. The van der Waals surface area contributed by atoms with Crippen LogP contribution in [0.25, 0.3) is 0 Å². The molecule has 60 valence electrons. The second kappa shape index (κ2) is 2.89. The van der Waals surface area contributed by atoms with Gasteiger partial charge < -0.3 is 0 Å². The first-order chi connectivity index (χ1) is 4.63. The van der Waals surface area contributed by atoms with Crippen LogP contribution < -0.4 is 5.84 Å². The normalized spacial score (nSPS) is 35.7. The Kier molecular flexibility index (Phi) is 2.32. The lowest BCUT2D eigenvalue weighted by Gasteiger charge is -2.22. The SMILES string of the molecule is CC(C)C1CCN(N)C1C. The van der Waals surface area contributed by atoms with Crippen LogP contribution in [-0.4, -0.2) is 17.6 Å². The van der Waals surface area contributed by atoms with Crippen LogP contribution in [0.3, 0.4) is 0 Å². The van der Waals surface area contributed by atoms with Gasteiger partial charge in [0.2, 0.25) is 0 Å². The Morgan fingerprint density at radius 3 is 2.30 bits per heavy atom. The van der Waals surface area contributed by atoms with Crippen molar-refractivity contribution in [1.82, 2.24) is 5.01 Å². The van der Waals surface area contributed by atoms with Gasteiger partial charge >= 0.3 is 0 Å². The van der Waals surface area contributed by atoms with Crippen molar-refractivity contribution in [2.24, 2.45) is 17.7 Å². The Hall–Kier alpha value is -0.0800. The molecule has 0 radical (unpaired) electrons. The molecule has 0 spiro atoms. The van der Waals surface area contributed by atoms with Gasteiger partial charge in [-0.2, -0.15) is 0 Å². The monoisotopic (exact) mass is 142 g/mol. The highest BCUT2D eigenvalue weighted by Crippen LogP contribution is 2.27. The van der Waals surface area contributed by atoms with E-state index in [-0.39, 0.29) is 0 Å². The molecule has 2 N–H and O–H groups in total. The van der Waals surface area contributed by atoms with Gasteiger partial charge in [0, 0.05) is 12.6 Å². The fourth-order valence-electron chi connectivity index (χ4n) is 1.88. The Balaban J connectivity index is 2.49. The summed E-state index contributed by atoms with van der Waals surface area (Å²) in [7, 11) is 0. The summed E-state index contributed by atoms with van der Waals surface area (Å²) in [6, 6.07) is 0.583. The van der Waals surface area contributed by atoms with Gasteiger partial charge in [0.1, 0.15) is 0 Å². The summed E-state index contributed by atoms with van der Waals surface area (Å²) in [6.45, 7) is 7.85. The van der Waals surface area contributed by atoms with Gasteiger partial charge in [-0.15, -0.1) is 0 Å². The highest BCUT2D eigenvalue weighted by molar-refractivity contribution is 4.82. The zero-order chi connectivity index (χ0) is 7.72. The molecule has 1 aliphatic rings.